The topological polar surface area (TPSA) is 56.2 Å². The molecule has 0 bridgehead atoms. The fourth-order valence-electron chi connectivity index (χ4n) is 3.17. The molecular formula is C22H20FN3O2S. The van der Waals surface area contributed by atoms with Crippen LogP contribution in [0.5, 0.6) is 0 Å². The maximum absolute atomic E-state index is 13.7. The van der Waals surface area contributed by atoms with E-state index in [1.807, 2.05) is 12.1 Å². The minimum atomic E-state index is -0.365. The second-order valence-electron chi connectivity index (χ2n) is 6.69. The van der Waals surface area contributed by atoms with Crippen LogP contribution in [0.2, 0.25) is 0 Å². The van der Waals surface area contributed by atoms with Gasteiger partial charge in [0.15, 0.2) is 0 Å². The van der Waals surface area contributed by atoms with E-state index in [9.17, 15) is 9.18 Å². The third kappa shape index (κ3) is 3.92. The van der Waals surface area contributed by atoms with Crippen LogP contribution in [0, 0.1) is 12.7 Å². The van der Waals surface area contributed by atoms with Crippen LogP contribution in [0.25, 0.3) is 21.6 Å². The largest absolute Gasteiger partial charge is 0.383 e. The van der Waals surface area contributed by atoms with E-state index >= 15 is 0 Å². The Bertz CT molecular complexity index is 1180. The summed E-state index contributed by atoms with van der Waals surface area (Å²) in [6.45, 7) is 2.93. The van der Waals surface area contributed by atoms with E-state index in [0.717, 1.165) is 21.6 Å². The summed E-state index contributed by atoms with van der Waals surface area (Å²) >= 11 is 1.40. The molecule has 1 N–H and O–H groups in total. The van der Waals surface area contributed by atoms with Gasteiger partial charge in [-0.1, -0.05) is 24.3 Å². The molecule has 2 aromatic heterocycles. The Labute approximate surface area is 171 Å². The van der Waals surface area contributed by atoms with E-state index in [1.165, 1.54) is 17.4 Å². The van der Waals surface area contributed by atoms with Crippen molar-refractivity contribution >= 4 is 33.8 Å². The Morgan fingerprint density at radius 3 is 2.86 bits per heavy atom. The molecule has 5 nitrogen and oxygen atoms in total. The number of rotatable bonds is 6. The van der Waals surface area contributed by atoms with Crippen LogP contribution in [0.15, 0.2) is 53.9 Å². The second-order valence-corrected chi connectivity index (χ2v) is 7.55. The van der Waals surface area contributed by atoms with Crippen LogP contribution in [-0.2, 0) is 11.3 Å². The molecule has 2 aromatic carbocycles. The van der Waals surface area contributed by atoms with Gasteiger partial charge in [-0.3, -0.25) is 4.79 Å². The van der Waals surface area contributed by atoms with Crippen molar-refractivity contribution in [3.8, 4) is 10.7 Å². The summed E-state index contributed by atoms with van der Waals surface area (Å²) < 4.78 is 21.1. The minimum Gasteiger partial charge on any atom is -0.383 e. The Kier molecular flexibility index (Phi) is 5.42. The van der Waals surface area contributed by atoms with Crippen LogP contribution in [0.3, 0.4) is 0 Å². The number of aromatic nitrogens is 2. The SMILES string of the molecule is COCCn1c(-c2nc(C(=O)Nc3ccc(C)c(F)c3)cs2)cc2ccccc21. The molecule has 7 heteroatoms. The Morgan fingerprint density at radius 2 is 2.07 bits per heavy atom. The Hall–Kier alpha value is -3.03. The third-order valence-corrected chi connectivity index (χ3v) is 5.58. The number of thiazole rings is 1. The van der Waals surface area contributed by atoms with Crippen molar-refractivity contribution in [2.24, 2.45) is 0 Å². The first-order valence-electron chi connectivity index (χ1n) is 9.17. The number of methoxy groups -OCH3 is 1. The monoisotopic (exact) mass is 409 g/mol. The number of aryl methyl sites for hydroxylation is 1. The van der Waals surface area contributed by atoms with Crippen molar-refractivity contribution in [3.05, 3.63) is 71.0 Å². The molecule has 0 aliphatic carbocycles. The van der Waals surface area contributed by atoms with Gasteiger partial charge in [0, 0.05) is 35.6 Å². The van der Waals surface area contributed by atoms with Crippen molar-refractivity contribution in [2.75, 3.05) is 19.0 Å². The van der Waals surface area contributed by atoms with Gasteiger partial charge < -0.3 is 14.6 Å². The van der Waals surface area contributed by atoms with Crippen LogP contribution in [0.4, 0.5) is 10.1 Å². The molecule has 0 aliphatic heterocycles. The molecule has 4 rings (SSSR count). The number of halogens is 1. The molecule has 0 radical (unpaired) electrons. The van der Waals surface area contributed by atoms with E-state index in [4.69, 9.17) is 4.74 Å². The average molecular weight is 409 g/mol. The van der Waals surface area contributed by atoms with E-state index < -0.39 is 0 Å². The van der Waals surface area contributed by atoms with E-state index in [0.29, 0.717) is 30.1 Å². The van der Waals surface area contributed by atoms with E-state index in [2.05, 4.69) is 33.1 Å². The van der Waals surface area contributed by atoms with Gasteiger partial charge in [0.1, 0.15) is 16.5 Å². The lowest BCUT2D eigenvalue weighted by Gasteiger charge is -2.08. The standard InChI is InChI=1S/C22H20FN3O2S/c1-14-7-8-16(12-17(14)23)24-21(27)18-13-29-22(25-18)20-11-15-5-3-4-6-19(15)26(20)9-10-28-2/h3-8,11-13H,9-10H2,1-2H3,(H,24,27). The van der Waals surface area contributed by atoms with Gasteiger partial charge in [-0.25, -0.2) is 9.37 Å². The van der Waals surface area contributed by atoms with Gasteiger partial charge in [-0.2, -0.15) is 0 Å². The lowest BCUT2D eigenvalue weighted by Crippen LogP contribution is -2.12. The first-order chi connectivity index (χ1) is 14.1. The smallest absolute Gasteiger partial charge is 0.275 e. The van der Waals surface area contributed by atoms with Gasteiger partial charge in [0.25, 0.3) is 5.91 Å². The van der Waals surface area contributed by atoms with E-state index in [-0.39, 0.29) is 11.7 Å². The molecule has 2 heterocycles. The summed E-state index contributed by atoms with van der Waals surface area (Å²) in [5.74, 6) is -0.722. The van der Waals surface area contributed by atoms with Crippen LogP contribution in [0.1, 0.15) is 16.1 Å². The van der Waals surface area contributed by atoms with Gasteiger partial charge in [0.2, 0.25) is 0 Å². The van der Waals surface area contributed by atoms with Crippen molar-refractivity contribution < 1.29 is 13.9 Å². The molecule has 29 heavy (non-hydrogen) atoms. The Morgan fingerprint density at radius 1 is 1.24 bits per heavy atom. The minimum absolute atomic E-state index is 0.300. The molecule has 0 spiro atoms. The maximum Gasteiger partial charge on any atom is 0.275 e. The van der Waals surface area contributed by atoms with Crippen molar-refractivity contribution in [2.45, 2.75) is 13.5 Å². The van der Waals surface area contributed by atoms with Gasteiger partial charge >= 0.3 is 0 Å². The van der Waals surface area contributed by atoms with Crippen molar-refractivity contribution in [1.29, 1.82) is 0 Å². The number of nitrogens with one attached hydrogen (secondary N) is 1. The number of carbonyl (C=O) groups excluding carboxylic acids is 1. The van der Waals surface area contributed by atoms with Crippen molar-refractivity contribution in [3.63, 3.8) is 0 Å². The van der Waals surface area contributed by atoms with Gasteiger partial charge in [-0.05, 0) is 36.8 Å². The van der Waals surface area contributed by atoms with E-state index in [1.54, 1.807) is 31.5 Å². The second kappa shape index (κ2) is 8.14. The highest BCUT2D eigenvalue weighted by atomic mass is 32.1. The van der Waals surface area contributed by atoms with Crippen LogP contribution < -0.4 is 5.32 Å². The first kappa shape index (κ1) is 19.3. The number of hydrogen-bond acceptors (Lipinski definition) is 4. The summed E-state index contributed by atoms with van der Waals surface area (Å²) in [6, 6.07) is 14.8. The first-order valence-corrected chi connectivity index (χ1v) is 10.1. The maximum atomic E-state index is 13.7. The van der Waals surface area contributed by atoms with Crippen LogP contribution >= 0.6 is 11.3 Å². The number of benzene rings is 2. The lowest BCUT2D eigenvalue weighted by molar-refractivity contribution is 0.102. The number of hydrogen-bond donors (Lipinski definition) is 1. The number of carbonyl (C=O) groups is 1. The molecule has 0 saturated heterocycles. The predicted octanol–water partition coefficient (Wildman–Crippen LogP) is 5.11. The van der Waals surface area contributed by atoms with Gasteiger partial charge in [0.05, 0.1) is 12.3 Å². The molecule has 0 fully saturated rings. The summed E-state index contributed by atoms with van der Waals surface area (Å²) in [6.07, 6.45) is 0. The molecule has 148 valence electrons. The zero-order chi connectivity index (χ0) is 20.4. The number of fused-ring (bicyclic) bond motifs is 1. The number of ether oxygens (including phenoxy) is 1. The number of para-hydroxylation sites is 1. The zero-order valence-corrected chi connectivity index (χ0v) is 16.9. The summed E-state index contributed by atoms with van der Waals surface area (Å²) in [4.78, 5) is 17.1. The van der Waals surface area contributed by atoms with Crippen LogP contribution in [-0.4, -0.2) is 29.2 Å². The van der Waals surface area contributed by atoms with Gasteiger partial charge in [-0.15, -0.1) is 11.3 Å². The highest BCUT2D eigenvalue weighted by Crippen LogP contribution is 2.30. The predicted molar refractivity (Wildman–Crippen MR) is 114 cm³/mol. The third-order valence-electron chi connectivity index (χ3n) is 4.72. The van der Waals surface area contributed by atoms with Crippen molar-refractivity contribution in [1.82, 2.24) is 9.55 Å². The highest BCUT2D eigenvalue weighted by molar-refractivity contribution is 7.13. The molecular weight excluding hydrogens is 389 g/mol. The summed E-state index contributed by atoms with van der Waals surface area (Å²) in [5.41, 5.74) is 3.27. The quantitative estimate of drug-likeness (QED) is 0.481. The number of nitrogens with zero attached hydrogens (tertiary/aromatic N) is 2. The summed E-state index contributed by atoms with van der Waals surface area (Å²) in [5, 5.41) is 6.27. The molecule has 4 aromatic rings. The fourth-order valence-corrected chi connectivity index (χ4v) is 4.00. The molecule has 0 atom stereocenters. The molecule has 0 aliphatic rings. The normalized spacial score (nSPS) is 11.1. The average Bonchev–Trinajstić information content (AvgIpc) is 3.34. The summed E-state index contributed by atoms with van der Waals surface area (Å²) in [7, 11) is 1.67. The number of anilines is 1. The zero-order valence-electron chi connectivity index (χ0n) is 16.1. The Balaban J connectivity index is 1.63. The molecule has 1 amide bonds. The number of amides is 1. The highest BCUT2D eigenvalue weighted by Gasteiger charge is 2.17. The fraction of sp³-hybridized carbons (Fsp3) is 0.182. The lowest BCUT2D eigenvalue weighted by atomic mass is 10.2. The molecule has 0 saturated carbocycles. The molecule has 0 unspecified atom stereocenters.